The van der Waals surface area contributed by atoms with Gasteiger partial charge in [0.1, 0.15) is 5.82 Å². The van der Waals surface area contributed by atoms with E-state index in [1.54, 1.807) is 0 Å². The highest BCUT2D eigenvalue weighted by atomic mass is 16.1. The van der Waals surface area contributed by atoms with Crippen LogP contribution in [0.3, 0.4) is 0 Å². The smallest absolute Gasteiger partial charge is 0.272 e. The topological polar surface area (TPSA) is 46.4 Å². The van der Waals surface area contributed by atoms with E-state index in [-0.39, 0.29) is 5.91 Å². The molecule has 2 heterocycles. The number of fused-ring (bicyclic) bond motifs is 1. The second-order valence-corrected chi connectivity index (χ2v) is 7.47. The highest BCUT2D eigenvalue weighted by Crippen LogP contribution is 2.39. The van der Waals surface area contributed by atoms with E-state index in [2.05, 4.69) is 35.5 Å². The van der Waals surface area contributed by atoms with Crippen molar-refractivity contribution in [2.24, 2.45) is 5.41 Å². The van der Waals surface area contributed by atoms with Crippen molar-refractivity contribution >= 4 is 11.4 Å². The predicted molar refractivity (Wildman–Crippen MR) is 88.2 cm³/mol. The van der Waals surface area contributed by atoms with Crippen LogP contribution < -0.4 is 5.32 Å². The number of amides is 1. The lowest BCUT2D eigenvalue weighted by molar-refractivity contribution is 0.0948. The molecule has 1 saturated carbocycles. The molecule has 0 aromatic carbocycles. The van der Waals surface area contributed by atoms with Crippen LogP contribution in [0, 0.1) is 5.41 Å². The maximum absolute atomic E-state index is 12.5. The summed E-state index contributed by atoms with van der Waals surface area (Å²) in [5.74, 6) is 1.51. The number of carbonyl (C=O) groups is 1. The number of carbonyl (C=O) groups excluding carboxylic acids is 1. The summed E-state index contributed by atoms with van der Waals surface area (Å²) < 4.78 is 2.07. The Bertz CT molecular complexity index is 677. The molecule has 3 rings (SSSR count). The van der Waals surface area contributed by atoms with Crippen LogP contribution in [0.25, 0.3) is 5.52 Å². The Balaban J connectivity index is 1.71. The van der Waals surface area contributed by atoms with Crippen LogP contribution in [0.15, 0.2) is 24.4 Å². The van der Waals surface area contributed by atoms with Crippen LogP contribution in [-0.2, 0) is 0 Å². The molecular weight excluding hydrogens is 274 g/mol. The van der Waals surface area contributed by atoms with Gasteiger partial charge in [-0.3, -0.25) is 4.79 Å². The van der Waals surface area contributed by atoms with Gasteiger partial charge in [0.25, 0.3) is 5.91 Å². The average Bonchev–Trinajstić information content (AvgIpc) is 3.23. The van der Waals surface area contributed by atoms with E-state index in [0.29, 0.717) is 23.6 Å². The summed E-state index contributed by atoms with van der Waals surface area (Å²) in [5, 5.41) is 3.02. The number of pyridine rings is 1. The third-order valence-electron chi connectivity index (χ3n) is 4.12. The van der Waals surface area contributed by atoms with Crippen molar-refractivity contribution in [1.29, 1.82) is 0 Å². The molecular formula is C18H25N3O. The minimum atomic E-state index is -0.0514. The van der Waals surface area contributed by atoms with E-state index in [4.69, 9.17) is 0 Å². The molecule has 1 fully saturated rings. The van der Waals surface area contributed by atoms with Gasteiger partial charge in [0, 0.05) is 18.7 Å². The Hall–Kier alpha value is -1.84. The fraction of sp³-hybridized carbons (Fsp3) is 0.556. The molecule has 0 unspecified atom stereocenters. The summed E-state index contributed by atoms with van der Waals surface area (Å²) in [5.41, 5.74) is 1.79. The molecule has 0 radical (unpaired) electrons. The van der Waals surface area contributed by atoms with Crippen LogP contribution >= 0.6 is 0 Å². The van der Waals surface area contributed by atoms with Crippen LogP contribution in [0.2, 0.25) is 0 Å². The summed E-state index contributed by atoms with van der Waals surface area (Å²) in [6.07, 6.45) is 6.47. The van der Waals surface area contributed by atoms with Crippen molar-refractivity contribution in [2.75, 3.05) is 6.54 Å². The molecule has 1 amide bonds. The molecule has 2 aromatic rings. The van der Waals surface area contributed by atoms with E-state index in [1.165, 1.54) is 12.8 Å². The van der Waals surface area contributed by atoms with Gasteiger partial charge in [-0.25, -0.2) is 4.98 Å². The molecule has 4 nitrogen and oxygen atoms in total. The third kappa shape index (κ3) is 3.32. The predicted octanol–water partition coefficient (Wildman–Crippen LogP) is 3.77. The molecule has 0 saturated heterocycles. The van der Waals surface area contributed by atoms with Crippen molar-refractivity contribution in [2.45, 2.75) is 52.4 Å². The largest absolute Gasteiger partial charge is 0.351 e. The monoisotopic (exact) mass is 299 g/mol. The number of hydrogen-bond acceptors (Lipinski definition) is 2. The van der Waals surface area contributed by atoms with Gasteiger partial charge in [-0.1, -0.05) is 26.8 Å². The Morgan fingerprint density at radius 3 is 2.82 bits per heavy atom. The van der Waals surface area contributed by atoms with Gasteiger partial charge in [-0.2, -0.15) is 0 Å². The zero-order valence-electron chi connectivity index (χ0n) is 13.7. The molecule has 22 heavy (non-hydrogen) atoms. The molecule has 1 aliphatic carbocycles. The van der Waals surface area contributed by atoms with Crippen molar-refractivity contribution in [1.82, 2.24) is 14.7 Å². The lowest BCUT2D eigenvalue weighted by Gasteiger charge is -2.17. The van der Waals surface area contributed by atoms with Crippen molar-refractivity contribution in [3.8, 4) is 0 Å². The van der Waals surface area contributed by atoms with Crippen molar-refractivity contribution in [3.63, 3.8) is 0 Å². The Kier molecular flexibility index (Phi) is 3.94. The van der Waals surface area contributed by atoms with Gasteiger partial charge >= 0.3 is 0 Å². The fourth-order valence-corrected chi connectivity index (χ4v) is 2.76. The summed E-state index contributed by atoms with van der Waals surface area (Å²) in [4.78, 5) is 17.1. The second kappa shape index (κ2) is 5.75. The Labute approximate surface area is 131 Å². The van der Waals surface area contributed by atoms with Gasteiger partial charge in [-0.05, 0) is 43.2 Å². The molecule has 118 valence electrons. The first kappa shape index (κ1) is 15.1. The second-order valence-electron chi connectivity index (χ2n) is 7.47. The zero-order chi connectivity index (χ0) is 15.7. The SMILES string of the molecule is CC(C)(C)CCCNC(=O)c1nc(C2CC2)n2ccccc12. The maximum atomic E-state index is 12.5. The number of rotatable bonds is 5. The lowest BCUT2D eigenvalue weighted by Crippen LogP contribution is -2.25. The minimum absolute atomic E-state index is 0.0514. The first-order valence-corrected chi connectivity index (χ1v) is 8.21. The summed E-state index contributed by atoms with van der Waals surface area (Å²) >= 11 is 0. The first-order chi connectivity index (χ1) is 10.5. The number of hydrogen-bond donors (Lipinski definition) is 1. The standard InChI is InChI=1S/C18H25N3O/c1-18(2,3)10-6-11-19-17(22)15-14-7-4-5-12-21(14)16(20-15)13-8-9-13/h4-5,7,12-13H,6,8-11H2,1-3H3,(H,19,22). The molecule has 2 aromatic heterocycles. The molecule has 1 N–H and O–H groups in total. The summed E-state index contributed by atoms with van der Waals surface area (Å²) in [6, 6.07) is 5.93. The maximum Gasteiger partial charge on any atom is 0.272 e. The molecule has 0 aliphatic heterocycles. The molecule has 0 bridgehead atoms. The van der Waals surface area contributed by atoms with Gasteiger partial charge in [0.2, 0.25) is 0 Å². The number of nitrogens with one attached hydrogen (secondary N) is 1. The molecule has 1 aliphatic rings. The van der Waals surface area contributed by atoms with E-state index in [1.807, 2.05) is 24.4 Å². The van der Waals surface area contributed by atoms with E-state index in [9.17, 15) is 4.79 Å². The summed E-state index contributed by atoms with van der Waals surface area (Å²) in [7, 11) is 0. The van der Waals surface area contributed by atoms with Crippen LogP contribution in [0.4, 0.5) is 0 Å². The van der Waals surface area contributed by atoms with Crippen LogP contribution in [0.5, 0.6) is 0 Å². The molecule has 4 heteroatoms. The van der Waals surface area contributed by atoms with Gasteiger partial charge in [-0.15, -0.1) is 0 Å². The Morgan fingerprint density at radius 1 is 1.36 bits per heavy atom. The zero-order valence-corrected chi connectivity index (χ0v) is 13.7. The van der Waals surface area contributed by atoms with Gasteiger partial charge in [0.05, 0.1) is 5.52 Å². The van der Waals surface area contributed by atoms with Gasteiger partial charge < -0.3 is 9.72 Å². The number of nitrogens with zero attached hydrogens (tertiary/aromatic N) is 2. The van der Waals surface area contributed by atoms with Crippen molar-refractivity contribution in [3.05, 3.63) is 35.9 Å². The average molecular weight is 299 g/mol. The lowest BCUT2D eigenvalue weighted by atomic mass is 9.91. The number of imidazole rings is 1. The highest BCUT2D eigenvalue weighted by molar-refractivity contribution is 5.99. The third-order valence-corrected chi connectivity index (χ3v) is 4.12. The van der Waals surface area contributed by atoms with E-state index in [0.717, 1.165) is 24.2 Å². The quantitative estimate of drug-likeness (QED) is 0.854. The van der Waals surface area contributed by atoms with E-state index < -0.39 is 0 Å². The normalized spacial score (nSPS) is 15.2. The van der Waals surface area contributed by atoms with Crippen LogP contribution in [0.1, 0.15) is 68.7 Å². The summed E-state index contributed by atoms with van der Waals surface area (Å²) in [6.45, 7) is 7.37. The minimum Gasteiger partial charge on any atom is -0.351 e. The van der Waals surface area contributed by atoms with Gasteiger partial charge in [0.15, 0.2) is 5.69 Å². The Morgan fingerprint density at radius 2 is 2.14 bits per heavy atom. The van der Waals surface area contributed by atoms with E-state index >= 15 is 0 Å². The van der Waals surface area contributed by atoms with Crippen LogP contribution in [-0.4, -0.2) is 21.8 Å². The molecule has 0 atom stereocenters. The molecule has 0 spiro atoms. The number of aromatic nitrogens is 2. The highest BCUT2D eigenvalue weighted by Gasteiger charge is 2.30. The fourth-order valence-electron chi connectivity index (χ4n) is 2.76. The van der Waals surface area contributed by atoms with Crippen molar-refractivity contribution < 1.29 is 4.79 Å². The first-order valence-electron chi connectivity index (χ1n) is 8.21.